The van der Waals surface area contributed by atoms with Crippen LogP contribution in [0.3, 0.4) is 0 Å². The molecule has 0 aliphatic carbocycles. The van der Waals surface area contributed by atoms with E-state index in [2.05, 4.69) is 29.6 Å². The highest BCUT2D eigenvalue weighted by Crippen LogP contribution is 2.26. The van der Waals surface area contributed by atoms with Gasteiger partial charge in [-0.3, -0.25) is 0 Å². The van der Waals surface area contributed by atoms with Gasteiger partial charge >= 0.3 is 0 Å². The Labute approximate surface area is 122 Å². The van der Waals surface area contributed by atoms with Crippen LogP contribution in [-0.4, -0.2) is 25.9 Å². The first kappa shape index (κ1) is 15.3. The van der Waals surface area contributed by atoms with Crippen molar-refractivity contribution in [1.29, 1.82) is 0 Å². The molecule has 1 aromatic rings. The summed E-state index contributed by atoms with van der Waals surface area (Å²) in [6.07, 6.45) is 5.35. The fourth-order valence-electron chi connectivity index (χ4n) is 2.73. The number of nitrogens with one attached hydrogen (secondary N) is 1. The Hall–Kier alpha value is -1.06. The van der Waals surface area contributed by atoms with Crippen LogP contribution >= 0.6 is 0 Å². The second-order valence-electron chi connectivity index (χ2n) is 5.80. The molecule has 3 nitrogen and oxygen atoms in total. The largest absolute Gasteiger partial charge is 0.491 e. The number of hydrogen-bond donors (Lipinski definition) is 1. The molecule has 2 rings (SSSR count). The molecule has 2 atom stereocenters. The van der Waals surface area contributed by atoms with E-state index < -0.39 is 0 Å². The summed E-state index contributed by atoms with van der Waals surface area (Å²) in [5.41, 5.74) is 1.30. The first-order valence-corrected chi connectivity index (χ1v) is 7.74. The van der Waals surface area contributed by atoms with Gasteiger partial charge < -0.3 is 14.8 Å². The Kier molecular flexibility index (Phi) is 5.86. The summed E-state index contributed by atoms with van der Waals surface area (Å²) in [5.74, 6) is 0.938. The summed E-state index contributed by atoms with van der Waals surface area (Å²) >= 11 is 0. The summed E-state index contributed by atoms with van der Waals surface area (Å²) < 4.78 is 11.5. The molecule has 0 aromatic heterocycles. The Bertz CT molecular complexity index is 382. The van der Waals surface area contributed by atoms with Gasteiger partial charge in [0.1, 0.15) is 5.75 Å². The summed E-state index contributed by atoms with van der Waals surface area (Å²) in [6.45, 7) is 5.01. The number of hydrogen-bond acceptors (Lipinski definition) is 3. The summed E-state index contributed by atoms with van der Waals surface area (Å²) in [7, 11) is 2.02. The summed E-state index contributed by atoms with van der Waals surface area (Å²) in [6, 6.07) is 8.78. The lowest BCUT2D eigenvalue weighted by molar-refractivity contribution is 0.00548. The molecule has 1 N–H and O–H groups in total. The van der Waals surface area contributed by atoms with E-state index in [1.165, 1.54) is 24.8 Å². The molecule has 0 bridgehead atoms. The van der Waals surface area contributed by atoms with Crippen molar-refractivity contribution in [1.82, 2.24) is 5.32 Å². The van der Waals surface area contributed by atoms with Crippen LogP contribution in [0.2, 0.25) is 0 Å². The van der Waals surface area contributed by atoms with Crippen LogP contribution in [0.5, 0.6) is 5.75 Å². The molecule has 1 aromatic carbocycles. The zero-order chi connectivity index (χ0) is 14.4. The van der Waals surface area contributed by atoms with Crippen LogP contribution in [0.4, 0.5) is 0 Å². The fraction of sp³-hybridized carbons (Fsp3) is 0.647. The predicted octanol–water partition coefficient (Wildman–Crippen LogP) is 3.69. The Morgan fingerprint density at radius 3 is 2.55 bits per heavy atom. The molecule has 0 radical (unpaired) electrons. The van der Waals surface area contributed by atoms with Crippen molar-refractivity contribution in [2.45, 2.75) is 57.8 Å². The molecule has 1 fully saturated rings. The van der Waals surface area contributed by atoms with Gasteiger partial charge in [-0.05, 0) is 64.3 Å². The lowest BCUT2D eigenvalue weighted by Gasteiger charge is -2.27. The second-order valence-corrected chi connectivity index (χ2v) is 5.80. The second kappa shape index (κ2) is 7.65. The van der Waals surface area contributed by atoms with Crippen molar-refractivity contribution in [2.75, 3.05) is 13.7 Å². The zero-order valence-electron chi connectivity index (χ0n) is 12.9. The molecule has 2 unspecified atom stereocenters. The van der Waals surface area contributed by atoms with Crippen LogP contribution < -0.4 is 10.1 Å². The van der Waals surface area contributed by atoms with Gasteiger partial charge in [0.15, 0.2) is 0 Å². The average Bonchev–Trinajstić information content (AvgIpc) is 2.46. The van der Waals surface area contributed by atoms with Crippen LogP contribution in [-0.2, 0) is 4.74 Å². The lowest BCUT2D eigenvalue weighted by Crippen LogP contribution is -2.26. The smallest absolute Gasteiger partial charge is 0.119 e. The summed E-state index contributed by atoms with van der Waals surface area (Å²) in [5, 5.41) is 3.41. The first-order chi connectivity index (χ1) is 9.69. The van der Waals surface area contributed by atoms with E-state index in [0.29, 0.717) is 12.1 Å². The minimum Gasteiger partial charge on any atom is -0.491 e. The number of rotatable bonds is 6. The quantitative estimate of drug-likeness (QED) is 0.860. The Morgan fingerprint density at radius 1 is 1.25 bits per heavy atom. The van der Waals surface area contributed by atoms with E-state index in [-0.39, 0.29) is 6.10 Å². The minimum atomic E-state index is 0.219. The molecule has 112 valence electrons. The number of ether oxygens (including phenoxy) is 2. The van der Waals surface area contributed by atoms with Gasteiger partial charge in [0.05, 0.1) is 12.2 Å². The van der Waals surface area contributed by atoms with Crippen LogP contribution in [0.15, 0.2) is 24.3 Å². The topological polar surface area (TPSA) is 30.5 Å². The summed E-state index contributed by atoms with van der Waals surface area (Å²) in [4.78, 5) is 0. The molecule has 0 saturated carbocycles. The molecule has 1 aliphatic rings. The molecule has 3 heteroatoms. The van der Waals surface area contributed by atoms with E-state index in [1.807, 2.05) is 20.9 Å². The highest BCUT2D eigenvalue weighted by Gasteiger charge is 2.19. The molecule has 1 heterocycles. The van der Waals surface area contributed by atoms with Gasteiger partial charge in [0, 0.05) is 12.6 Å². The molecule has 1 aliphatic heterocycles. The maximum absolute atomic E-state index is 5.84. The van der Waals surface area contributed by atoms with E-state index in [1.54, 1.807) is 0 Å². The molecular weight excluding hydrogens is 250 g/mol. The zero-order valence-corrected chi connectivity index (χ0v) is 12.9. The van der Waals surface area contributed by atoms with Gasteiger partial charge in [-0.25, -0.2) is 0 Å². The normalized spacial score (nSPS) is 20.9. The van der Waals surface area contributed by atoms with Crippen molar-refractivity contribution in [3.63, 3.8) is 0 Å². The van der Waals surface area contributed by atoms with Gasteiger partial charge in [0.25, 0.3) is 0 Å². The van der Waals surface area contributed by atoms with Gasteiger partial charge in [-0.1, -0.05) is 12.1 Å². The van der Waals surface area contributed by atoms with Crippen molar-refractivity contribution in [2.24, 2.45) is 0 Å². The van der Waals surface area contributed by atoms with Crippen LogP contribution in [0.25, 0.3) is 0 Å². The van der Waals surface area contributed by atoms with Crippen molar-refractivity contribution >= 4 is 0 Å². The van der Waals surface area contributed by atoms with Crippen LogP contribution in [0, 0.1) is 0 Å². The monoisotopic (exact) mass is 277 g/mol. The Balaban J connectivity index is 1.95. The highest BCUT2D eigenvalue weighted by molar-refractivity contribution is 5.29. The fourth-order valence-corrected chi connectivity index (χ4v) is 2.73. The van der Waals surface area contributed by atoms with Crippen LogP contribution in [0.1, 0.15) is 51.1 Å². The highest BCUT2D eigenvalue weighted by atomic mass is 16.5. The molecule has 20 heavy (non-hydrogen) atoms. The van der Waals surface area contributed by atoms with Gasteiger partial charge in [-0.2, -0.15) is 0 Å². The molecular formula is C17H27NO2. The standard InChI is InChI=1S/C17H27NO2/c1-13(2)20-15-9-7-14(8-10-15)17(18-3)12-16-6-4-5-11-19-16/h7-10,13,16-18H,4-6,11-12H2,1-3H3. The van der Waals surface area contributed by atoms with E-state index >= 15 is 0 Å². The maximum Gasteiger partial charge on any atom is 0.119 e. The van der Waals surface area contributed by atoms with Gasteiger partial charge in [-0.15, -0.1) is 0 Å². The molecule has 1 saturated heterocycles. The van der Waals surface area contributed by atoms with E-state index in [9.17, 15) is 0 Å². The lowest BCUT2D eigenvalue weighted by atomic mass is 9.97. The average molecular weight is 277 g/mol. The minimum absolute atomic E-state index is 0.219. The SMILES string of the molecule is CNC(CC1CCCCO1)c1ccc(OC(C)C)cc1. The third-order valence-electron chi connectivity index (χ3n) is 3.78. The Morgan fingerprint density at radius 2 is 2.00 bits per heavy atom. The van der Waals surface area contributed by atoms with Gasteiger partial charge in [0.2, 0.25) is 0 Å². The van der Waals surface area contributed by atoms with E-state index in [0.717, 1.165) is 18.8 Å². The van der Waals surface area contributed by atoms with Crippen molar-refractivity contribution in [3.05, 3.63) is 29.8 Å². The van der Waals surface area contributed by atoms with Crippen molar-refractivity contribution < 1.29 is 9.47 Å². The molecule has 0 amide bonds. The predicted molar refractivity (Wildman–Crippen MR) is 82.2 cm³/mol. The number of benzene rings is 1. The maximum atomic E-state index is 5.84. The van der Waals surface area contributed by atoms with E-state index in [4.69, 9.17) is 9.47 Å². The third-order valence-corrected chi connectivity index (χ3v) is 3.78. The third kappa shape index (κ3) is 4.50. The van der Waals surface area contributed by atoms with Crippen molar-refractivity contribution in [3.8, 4) is 5.75 Å². The first-order valence-electron chi connectivity index (χ1n) is 7.74. The molecule has 0 spiro atoms.